The SMILES string of the molecule is CCC1CC(N)CN(C(C)Cc2ccccc2)C1.O=C(O)/C=C/C(=O)O. The molecule has 1 aromatic rings. The van der Waals surface area contributed by atoms with E-state index in [1.807, 2.05) is 0 Å². The summed E-state index contributed by atoms with van der Waals surface area (Å²) < 4.78 is 0. The highest BCUT2D eigenvalue weighted by atomic mass is 16.4. The molecule has 0 bridgehead atoms. The summed E-state index contributed by atoms with van der Waals surface area (Å²) in [5.74, 6) is -1.73. The highest BCUT2D eigenvalue weighted by molar-refractivity contribution is 5.89. The normalized spacial score (nSPS) is 21.7. The molecule has 0 aromatic heterocycles. The number of nitrogens with two attached hydrogens (primary N) is 1. The van der Waals surface area contributed by atoms with Crippen LogP contribution in [0, 0.1) is 5.92 Å². The van der Waals surface area contributed by atoms with Crippen molar-refractivity contribution in [1.29, 1.82) is 0 Å². The molecule has 4 N–H and O–H groups in total. The van der Waals surface area contributed by atoms with Crippen molar-refractivity contribution in [2.75, 3.05) is 13.1 Å². The molecule has 1 fully saturated rings. The van der Waals surface area contributed by atoms with Gasteiger partial charge < -0.3 is 15.9 Å². The Labute approximate surface area is 155 Å². The third-order valence-electron chi connectivity index (χ3n) is 4.54. The maximum atomic E-state index is 9.55. The summed E-state index contributed by atoms with van der Waals surface area (Å²) in [6, 6.07) is 11.7. The van der Waals surface area contributed by atoms with Gasteiger partial charge in [0, 0.05) is 37.3 Å². The fourth-order valence-corrected chi connectivity index (χ4v) is 3.17. The molecular formula is C20H30N2O4. The van der Waals surface area contributed by atoms with Crippen molar-refractivity contribution in [2.24, 2.45) is 11.7 Å². The van der Waals surface area contributed by atoms with Crippen LogP contribution in [0.3, 0.4) is 0 Å². The van der Waals surface area contributed by atoms with Crippen LogP contribution in [0.4, 0.5) is 0 Å². The largest absolute Gasteiger partial charge is 0.478 e. The smallest absolute Gasteiger partial charge is 0.328 e. The third kappa shape index (κ3) is 8.78. The Hall–Kier alpha value is -2.18. The molecule has 0 aliphatic carbocycles. The van der Waals surface area contributed by atoms with Crippen LogP contribution in [0.25, 0.3) is 0 Å². The van der Waals surface area contributed by atoms with Crippen molar-refractivity contribution >= 4 is 11.9 Å². The number of hydrogen-bond donors (Lipinski definition) is 3. The molecule has 1 aromatic carbocycles. The van der Waals surface area contributed by atoms with Crippen molar-refractivity contribution < 1.29 is 19.8 Å². The third-order valence-corrected chi connectivity index (χ3v) is 4.54. The number of nitrogens with zero attached hydrogens (tertiary/aromatic N) is 1. The summed E-state index contributed by atoms with van der Waals surface area (Å²) in [4.78, 5) is 21.7. The van der Waals surface area contributed by atoms with E-state index in [1.165, 1.54) is 24.9 Å². The molecule has 1 aliphatic rings. The van der Waals surface area contributed by atoms with E-state index >= 15 is 0 Å². The van der Waals surface area contributed by atoms with Gasteiger partial charge in [0.15, 0.2) is 0 Å². The molecule has 1 aliphatic heterocycles. The lowest BCUT2D eigenvalue weighted by atomic mass is 9.91. The maximum absolute atomic E-state index is 9.55. The Kier molecular flexibility index (Phi) is 9.62. The van der Waals surface area contributed by atoms with E-state index < -0.39 is 11.9 Å². The van der Waals surface area contributed by atoms with Crippen LogP contribution in [-0.4, -0.2) is 52.2 Å². The number of carbonyl (C=O) groups is 2. The van der Waals surface area contributed by atoms with Crippen molar-refractivity contribution in [3.05, 3.63) is 48.0 Å². The van der Waals surface area contributed by atoms with E-state index in [0.29, 0.717) is 24.2 Å². The highest BCUT2D eigenvalue weighted by Crippen LogP contribution is 2.21. The van der Waals surface area contributed by atoms with Gasteiger partial charge in [-0.05, 0) is 31.2 Å². The second-order valence-electron chi connectivity index (χ2n) is 6.77. The lowest BCUT2D eigenvalue weighted by Crippen LogP contribution is -2.50. The average molecular weight is 362 g/mol. The van der Waals surface area contributed by atoms with Gasteiger partial charge in [-0.1, -0.05) is 43.7 Å². The van der Waals surface area contributed by atoms with Crippen LogP contribution in [-0.2, 0) is 16.0 Å². The quantitative estimate of drug-likeness (QED) is 0.671. The number of likely N-dealkylation sites (tertiary alicyclic amines) is 1. The van der Waals surface area contributed by atoms with Gasteiger partial charge in [0.2, 0.25) is 0 Å². The molecular weight excluding hydrogens is 332 g/mol. The molecule has 3 atom stereocenters. The van der Waals surface area contributed by atoms with E-state index in [0.717, 1.165) is 18.9 Å². The molecule has 26 heavy (non-hydrogen) atoms. The molecule has 1 heterocycles. The Morgan fingerprint density at radius 3 is 2.27 bits per heavy atom. The van der Waals surface area contributed by atoms with Crippen molar-refractivity contribution in [3.8, 4) is 0 Å². The van der Waals surface area contributed by atoms with Crippen LogP contribution in [0.15, 0.2) is 42.5 Å². The van der Waals surface area contributed by atoms with Crippen LogP contribution in [0.2, 0.25) is 0 Å². The predicted octanol–water partition coefficient (Wildman–Crippen LogP) is 2.39. The fraction of sp³-hybridized carbons (Fsp3) is 0.500. The number of hydrogen-bond acceptors (Lipinski definition) is 4. The summed E-state index contributed by atoms with van der Waals surface area (Å²) in [6.45, 7) is 6.89. The first kappa shape index (κ1) is 21.9. The molecule has 0 radical (unpaired) electrons. The van der Waals surface area contributed by atoms with Crippen LogP contribution < -0.4 is 5.73 Å². The van der Waals surface area contributed by atoms with Crippen molar-refractivity contribution in [2.45, 2.75) is 45.2 Å². The zero-order chi connectivity index (χ0) is 19.5. The van der Waals surface area contributed by atoms with Crippen molar-refractivity contribution in [1.82, 2.24) is 4.90 Å². The van der Waals surface area contributed by atoms with Crippen LogP contribution in [0.1, 0.15) is 32.3 Å². The summed E-state index contributed by atoms with van der Waals surface area (Å²) in [5, 5.41) is 15.6. The Balaban J connectivity index is 0.000000359. The monoisotopic (exact) mass is 362 g/mol. The minimum absolute atomic E-state index is 0.363. The summed E-state index contributed by atoms with van der Waals surface area (Å²) in [6.07, 6.45) is 4.70. The van der Waals surface area contributed by atoms with Gasteiger partial charge in [-0.3, -0.25) is 4.90 Å². The first-order valence-corrected chi connectivity index (χ1v) is 8.99. The number of piperidine rings is 1. The molecule has 2 rings (SSSR count). The molecule has 3 unspecified atom stereocenters. The second-order valence-corrected chi connectivity index (χ2v) is 6.77. The molecule has 1 saturated heterocycles. The van der Waals surface area contributed by atoms with Crippen LogP contribution >= 0.6 is 0 Å². The summed E-state index contributed by atoms with van der Waals surface area (Å²) >= 11 is 0. The zero-order valence-corrected chi connectivity index (χ0v) is 15.5. The van der Waals surface area contributed by atoms with Crippen LogP contribution in [0.5, 0.6) is 0 Å². The van der Waals surface area contributed by atoms with E-state index in [9.17, 15) is 9.59 Å². The highest BCUT2D eigenvalue weighted by Gasteiger charge is 2.26. The minimum Gasteiger partial charge on any atom is -0.478 e. The Bertz CT molecular complexity index is 573. The zero-order valence-electron chi connectivity index (χ0n) is 15.5. The number of benzene rings is 1. The van der Waals surface area contributed by atoms with Gasteiger partial charge in [-0.2, -0.15) is 0 Å². The number of rotatable bonds is 6. The number of aliphatic carboxylic acids is 2. The first-order valence-electron chi connectivity index (χ1n) is 8.99. The standard InChI is InChI=1S/C16H26N2.C4H4O4/c1-3-14-10-16(17)12-18(11-14)13(2)9-15-7-5-4-6-8-15;5-3(6)1-2-4(7)8/h4-8,13-14,16H,3,9-12,17H2,1-2H3;1-2H,(H,5,6)(H,7,8)/b;2-1+. The number of carboxylic acids is 2. The average Bonchev–Trinajstić information content (AvgIpc) is 2.60. The Morgan fingerprint density at radius 1 is 1.19 bits per heavy atom. The van der Waals surface area contributed by atoms with E-state index in [1.54, 1.807) is 0 Å². The van der Waals surface area contributed by atoms with E-state index in [-0.39, 0.29) is 0 Å². The van der Waals surface area contributed by atoms with Crippen molar-refractivity contribution in [3.63, 3.8) is 0 Å². The van der Waals surface area contributed by atoms with Gasteiger partial charge in [-0.25, -0.2) is 9.59 Å². The first-order chi connectivity index (χ1) is 12.3. The Morgan fingerprint density at radius 2 is 1.77 bits per heavy atom. The molecule has 6 nitrogen and oxygen atoms in total. The van der Waals surface area contributed by atoms with E-state index in [2.05, 4.69) is 49.1 Å². The molecule has 0 amide bonds. The summed E-state index contributed by atoms with van der Waals surface area (Å²) in [5.41, 5.74) is 7.61. The van der Waals surface area contributed by atoms with Gasteiger partial charge in [0.05, 0.1) is 0 Å². The van der Waals surface area contributed by atoms with Gasteiger partial charge >= 0.3 is 11.9 Å². The van der Waals surface area contributed by atoms with E-state index in [4.69, 9.17) is 15.9 Å². The topological polar surface area (TPSA) is 104 Å². The minimum atomic E-state index is -1.26. The predicted molar refractivity (Wildman–Crippen MR) is 102 cm³/mol. The molecule has 6 heteroatoms. The fourth-order valence-electron chi connectivity index (χ4n) is 3.17. The lowest BCUT2D eigenvalue weighted by molar-refractivity contribution is -0.134. The van der Waals surface area contributed by atoms with Gasteiger partial charge in [-0.15, -0.1) is 0 Å². The van der Waals surface area contributed by atoms with Gasteiger partial charge in [0.25, 0.3) is 0 Å². The summed E-state index contributed by atoms with van der Waals surface area (Å²) in [7, 11) is 0. The molecule has 0 spiro atoms. The molecule has 0 saturated carbocycles. The molecule has 144 valence electrons. The maximum Gasteiger partial charge on any atom is 0.328 e. The number of carboxylic acid groups (broad SMARTS) is 2. The lowest BCUT2D eigenvalue weighted by Gasteiger charge is -2.39. The second kappa shape index (κ2) is 11.4. The van der Waals surface area contributed by atoms with Gasteiger partial charge in [0.1, 0.15) is 0 Å².